The van der Waals surface area contributed by atoms with Gasteiger partial charge in [0.05, 0.1) is 5.69 Å². The highest BCUT2D eigenvalue weighted by Gasteiger charge is 2.10. The van der Waals surface area contributed by atoms with E-state index in [1.54, 1.807) is 0 Å². The fourth-order valence-corrected chi connectivity index (χ4v) is 1.81. The summed E-state index contributed by atoms with van der Waals surface area (Å²) >= 11 is 0. The quantitative estimate of drug-likeness (QED) is 0.228. The Balaban J connectivity index is 1.71. The average Bonchev–Trinajstić information content (AvgIpc) is 2.65. The summed E-state index contributed by atoms with van der Waals surface area (Å²) in [6.07, 6.45) is 2.91. The molecule has 27 heavy (non-hydrogen) atoms. The van der Waals surface area contributed by atoms with Gasteiger partial charge in [-0.1, -0.05) is 0 Å². The Morgan fingerprint density at radius 2 is 1.33 bits per heavy atom. The number of rotatable bonds is 8. The van der Waals surface area contributed by atoms with Crippen molar-refractivity contribution in [3.05, 3.63) is 48.5 Å². The van der Waals surface area contributed by atoms with Crippen molar-refractivity contribution in [3.8, 4) is 23.5 Å². The number of isocyanates is 1. The van der Waals surface area contributed by atoms with Crippen LogP contribution in [-0.2, 0) is 19.1 Å². The highest BCUT2D eigenvalue weighted by molar-refractivity contribution is 5.76. The molecule has 0 heterocycles. The molecule has 0 radical (unpaired) electrons. The minimum atomic E-state index is -0.715. The lowest BCUT2D eigenvalue weighted by Crippen LogP contribution is -2.21. The molecule has 0 bridgehead atoms. The Labute approximate surface area is 153 Å². The van der Waals surface area contributed by atoms with Crippen molar-refractivity contribution in [3.63, 3.8) is 0 Å². The maximum atomic E-state index is 11.6. The molecule has 0 aliphatic heterocycles. The summed E-state index contributed by atoms with van der Waals surface area (Å²) in [6, 6.07) is 11.6. The molecule has 0 unspecified atom stereocenters. The summed E-state index contributed by atoms with van der Waals surface area (Å²) in [5, 5.41) is 8.37. The standard InChI is InChI=1S/C18H12N2O7/c19-11-25-14-5-7-16(8-6-14)27-18(23)10-24-9-17(22)26-15-3-1-13(2-4-15)20-12-21/h1-8H,9-10H2. The van der Waals surface area contributed by atoms with E-state index >= 15 is 0 Å². The smallest absolute Gasteiger partial charge is 0.337 e. The van der Waals surface area contributed by atoms with Crippen LogP contribution in [0.2, 0.25) is 0 Å². The van der Waals surface area contributed by atoms with E-state index in [4.69, 9.17) is 19.5 Å². The zero-order valence-electron chi connectivity index (χ0n) is 13.8. The van der Waals surface area contributed by atoms with E-state index in [2.05, 4.69) is 9.73 Å². The molecular formula is C18H12N2O7. The van der Waals surface area contributed by atoms with Crippen LogP contribution in [0.1, 0.15) is 0 Å². The lowest BCUT2D eigenvalue weighted by atomic mass is 10.3. The third kappa shape index (κ3) is 6.80. The molecule has 0 aromatic heterocycles. The number of nitrogens with zero attached hydrogens (tertiary/aromatic N) is 2. The summed E-state index contributed by atoms with van der Waals surface area (Å²) in [5.74, 6) is -0.659. The summed E-state index contributed by atoms with van der Waals surface area (Å²) < 4.78 is 19.5. The van der Waals surface area contributed by atoms with Crippen LogP contribution >= 0.6 is 0 Å². The second kappa shape index (κ2) is 10.1. The summed E-state index contributed by atoms with van der Waals surface area (Å²) in [5.41, 5.74) is 0.371. The van der Waals surface area contributed by atoms with Gasteiger partial charge in [0, 0.05) is 0 Å². The van der Waals surface area contributed by atoms with Gasteiger partial charge in [-0.15, -0.1) is 5.26 Å². The van der Waals surface area contributed by atoms with Crippen LogP contribution in [0.4, 0.5) is 5.69 Å². The predicted molar refractivity (Wildman–Crippen MR) is 89.0 cm³/mol. The summed E-state index contributed by atoms with van der Waals surface area (Å²) in [7, 11) is 0. The number of ether oxygens (including phenoxy) is 4. The molecule has 0 aliphatic carbocycles. The molecular weight excluding hydrogens is 356 g/mol. The fourth-order valence-electron chi connectivity index (χ4n) is 1.81. The molecule has 2 aromatic rings. The van der Waals surface area contributed by atoms with E-state index < -0.39 is 25.2 Å². The van der Waals surface area contributed by atoms with Gasteiger partial charge in [0.1, 0.15) is 30.5 Å². The Morgan fingerprint density at radius 1 is 0.852 bits per heavy atom. The maximum Gasteiger partial charge on any atom is 0.337 e. The SMILES string of the molecule is N#COc1ccc(OC(=O)COCC(=O)Oc2ccc(N=C=O)cc2)cc1. The van der Waals surface area contributed by atoms with Gasteiger partial charge in [-0.2, -0.15) is 4.99 Å². The number of hydrogen-bond acceptors (Lipinski definition) is 9. The average molecular weight is 368 g/mol. The number of nitriles is 1. The van der Waals surface area contributed by atoms with Crippen LogP contribution < -0.4 is 14.2 Å². The van der Waals surface area contributed by atoms with Crippen LogP contribution in [0.5, 0.6) is 17.2 Å². The Bertz CT molecular complexity index is 879. The molecule has 0 saturated carbocycles. The number of hydrogen-bond donors (Lipinski definition) is 0. The van der Waals surface area contributed by atoms with Crippen molar-refractivity contribution in [1.82, 2.24) is 0 Å². The molecule has 0 fully saturated rings. The topological polar surface area (TPSA) is 124 Å². The van der Waals surface area contributed by atoms with Crippen molar-refractivity contribution < 1.29 is 33.3 Å². The van der Waals surface area contributed by atoms with E-state index in [-0.39, 0.29) is 11.5 Å². The van der Waals surface area contributed by atoms with Gasteiger partial charge in [0.25, 0.3) is 6.26 Å². The first kappa shape index (κ1) is 19.3. The largest absolute Gasteiger partial charge is 0.425 e. The molecule has 9 nitrogen and oxygen atoms in total. The fraction of sp³-hybridized carbons (Fsp3) is 0.111. The lowest BCUT2D eigenvalue weighted by Gasteiger charge is -2.06. The Kier molecular flexibility index (Phi) is 7.24. The predicted octanol–water partition coefficient (Wildman–Crippen LogP) is 2.04. The molecule has 0 N–H and O–H groups in total. The Morgan fingerprint density at radius 3 is 1.81 bits per heavy atom. The number of benzene rings is 2. The van der Waals surface area contributed by atoms with Crippen molar-refractivity contribution in [1.29, 1.82) is 5.26 Å². The van der Waals surface area contributed by atoms with Crippen LogP contribution in [0.15, 0.2) is 53.5 Å². The van der Waals surface area contributed by atoms with Crippen LogP contribution in [0, 0.1) is 11.5 Å². The lowest BCUT2D eigenvalue weighted by molar-refractivity contribution is -0.145. The van der Waals surface area contributed by atoms with Gasteiger partial charge in [-0.05, 0) is 48.5 Å². The highest BCUT2D eigenvalue weighted by Crippen LogP contribution is 2.18. The van der Waals surface area contributed by atoms with Crippen LogP contribution in [-0.4, -0.2) is 31.2 Å². The molecule has 0 amide bonds. The van der Waals surface area contributed by atoms with Gasteiger partial charge in [0.15, 0.2) is 0 Å². The van der Waals surface area contributed by atoms with E-state index in [1.807, 2.05) is 0 Å². The van der Waals surface area contributed by atoms with Crippen LogP contribution in [0.25, 0.3) is 0 Å². The normalized spacial score (nSPS) is 9.44. The second-order valence-corrected chi connectivity index (χ2v) is 4.80. The molecule has 136 valence electrons. The minimum absolute atomic E-state index is 0.231. The third-order valence-corrected chi connectivity index (χ3v) is 2.90. The minimum Gasteiger partial charge on any atom is -0.425 e. The monoisotopic (exact) mass is 368 g/mol. The van der Waals surface area contributed by atoms with Gasteiger partial charge < -0.3 is 18.9 Å². The molecule has 9 heteroatoms. The molecule has 0 aliphatic rings. The van der Waals surface area contributed by atoms with E-state index in [0.29, 0.717) is 11.4 Å². The molecule has 2 aromatic carbocycles. The van der Waals surface area contributed by atoms with Crippen molar-refractivity contribution in [2.45, 2.75) is 0 Å². The third-order valence-electron chi connectivity index (χ3n) is 2.90. The summed E-state index contributed by atoms with van der Waals surface area (Å²) in [4.78, 5) is 36.8. The van der Waals surface area contributed by atoms with E-state index in [9.17, 15) is 14.4 Å². The van der Waals surface area contributed by atoms with Gasteiger partial charge in [-0.3, -0.25) is 0 Å². The second-order valence-electron chi connectivity index (χ2n) is 4.80. The van der Waals surface area contributed by atoms with Gasteiger partial charge in [0.2, 0.25) is 6.08 Å². The van der Waals surface area contributed by atoms with E-state index in [1.165, 1.54) is 60.9 Å². The number of carbonyl (C=O) groups is 2. The molecule has 0 spiro atoms. The van der Waals surface area contributed by atoms with Crippen molar-refractivity contribution in [2.75, 3.05) is 13.2 Å². The molecule has 0 saturated heterocycles. The van der Waals surface area contributed by atoms with E-state index in [0.717, 1.165) is 0 Å². The molecule has 2 rings (SSSR count). The first-order valence-electron chi connectivity index (χ1n) is 7.44. The van der Waals surface area contributed by atoms with Crippen molar-refractivity contribution in [2.24, 2.45) is 4.99 Å². The van der Waals surface area contributed by atoms with Gasteiger partial charge >= 0.3 is 11.9 Å². The summed E-state index contributed by atoms with van der Waals surface area (Å²) in [6.45, 7) is -0.920. The van der Waals surface area contributed by atoms with Gasteiger partial charge in [-0.25, -0.2) is 14.4 Å². The first-order chi connectivity index (χ1) is 13.1. The maximum absolute atomic E-state index is 11.6. The Hall–Kier alpha value is -3.99. The number of aliphatic imine (C=N–C) groups is 1. The van der Waals surface area contributed by atoms with Crippen molar-refractivity contribution >= 4 is 23.7 Å². The molecule has 0 atom stereocenters. The zero-order valence-corrected chi connectivity index (χ0v) is 13.8. The number of carbonyl (C=O) groups excluding carboxylic acids is 3. The zero-order chi connectivity index (χ0) is 19.5. The van der Waals surface area contributed by atoms with Crippen LogP contribution in [0.3, 0.4) is 0 Å². The number of esters is 2. The first-order valence-corrected chi connectivity index (χ1v) is 7.44. The highest BCUT2D eigenvalue weighted by atomic mass is 16.6.